The summed E-state index contributed by atoms with van der Waals surface area (Å²) in [5.74, 6) is 0. The molecule has 1 saturated heterocycles. The van der Waals surface area contributed by atoms with E-state index in [0.29, 0.717) is 6.61 Å². The van der Waals surface area contributed by atoms with Crippen molar-refractivity contribution in [1.29, 1.82) is 0 Å². The predicted molar refractivity (Wildman–Crippen MR) is 109 cm³/mol. The number of rotatable bonds is 17. The summed E-state index contributed by atoms with van der Waals surface area (Å²) in [6, 6.07) is 0. The van der Waals surface area contributed by atoms with Gasteiger partial charge in [0.2, 0.25) is 0 Å². The van der Waals surface area contributed by atoms with E-state index < -0.39 is 24.4 Å². The van der Waals surface area contributed by atoms with Crippen molar-refractivity contribution in [3.05, 3.63) is 12.2 Å². The van der Waals surface area contributed by atoms with Gasteiger partial charge in [0.15, 0.2) is 0 Å². The Morgan fingerprint density at radius 3 is 2.07 bits per heavy atom. The van der Waals surface area contributed by atoms with Gasteiger partial charge in [-0.1, -0.05) is 64.0 Å². The average molecular weight is 387 g/mol. The van der Waals surface area contributed by atoms with Crippen LogP contribution >= 0.6 is 0 Å². The normalized spacial score (nSPS) is 24.1. The molecule has 5 heteroatoms. The molecule has 0 aromatic rings. The molecule has 160 valence electrons. The molecule has 5 nitrogen and oxygen atoms in total. The summed E-state index contributed by atoms with van der Waals surface area (Å²) in [6.07, 6.45) is 16.5. The monoisotopic (exact) mass is 386 g/mol. The summed E-state index contributed by atoms with van der Waals surface area (Å²) in [5, 5.41) is 28.7. The fourth-order valence-electron chi connectivity index (χ4n) is 3.44. The Morgan fingerprint density at radius 2 is 1.52 bits per heavy atom. The van der Waals surface area contributed by atoms with E-state index >= 15 is 0 Å². The second-order valence-electron chi connectivity index (χ2n) is 7.68. The molecule has 0 aromatic heterocycles. The van der Waals surface area contributed by atoms with Crippen molar-refractivity contribution in [3.8, 4) is 0 Å². The van der Waals surface area contributed by atoms with Crippen molar-refractivity contribution < 1.29 is 24.8 Å². The fraction of sp³-hybridized carbons (Fsp3) is 0.909. The maximum Gasteiger partial charge on any atom is 0.114 e. The van der Waals surface area contributed by atoms with Gasteiger partial charge in [-0.3, -0.25) is 0 Å². The fourth-order valence-corrected chi connectivity index (χ4v) is 3.44. The largest absolute Gasteiger partial charge is 0.394 e. The lowest BCUT2D eigenvalue weighted by atomic mass is 10.1. The first-order chi connectivity index (χ1) is 13.2. The topological polar surface area (TPSA) is 79.2 Å². The Balaban J connectivity index is 1.91. The number of allylic oxidation sites excluding steroid dienone is 2. The molecular formula is C22H42O5. The summed E-state index contributed by atoms with van der Waals surface area (Å²) in [4.78, 5) is 0. The molecule has 0 bridgehead atoms. The van der Waals surface area contributed by atoms with Crippen molar-refractivity contribution in [2.75, 3.05) is 19.8 Å². The molecule has 1 aliphatic heterocycles. The molecule has 0 aliphatic carbocycles. The van der Waals surface area contributed by atoms with Crippen molar-refractivity contribution >= 4 is 0 Å². The van der Waals surface area contributed by atoms with E-state index in [9.17, 15) is 15.3 Å². The summed E-state index contributed by atoms with van der Waals surface area (Å²) in [7, 11) is 0. The van der Waals surface area contributed by atoms with E-state index in [1.165, 1.54) is 57.8 Å². The average Bonchev–Trinajstić information content (AvgIpc) is 3.00. The third-order valence-corrected chi connectivity index (χ3v) is 5.22. The van der Waals surface area contributed by atoms with Crippen LogP contribution in [-0.4, -0.2) is 59.6 Å². The minimum Gasteiger partial charge on any atom is -0.394 e. The van der Waals surface area contributed by atoms with Gasteiger partial charge >= 0.3 is 0 Å². The third-order valence-electron chi connectivity index (χ3n) is 5.22. The Kier molecular flexibility index (Phi) is 15.0. The van der Waals surface area contributed by atoms with Crippen LogP contribution in [0.2, 0.25) is 0 Å². The number of hydrogen-bond donors (Lipinski definition) is 3. The Hall–Kier alpha value is -0.460. The lowest BCUT2D eigenvalue weighted by molar-refractivity contribution is -0.101. The van der Waals surface area contributed by atoms with Crippen LogP contribution in [0.4, 0.5) is 0 Å². The van der Waals surface area contributed by atoms with Gasteiger partial charge in [0.25, 0.3) is 0 Å². The quantitative estimate of drug-likeness (QED) is 0.262. The molecule has 0 saturated carbocycles. The Labute approximate surface area is 165 Å². The maximum atomic E-state index is 9.81. The molecule has 3 N–H and O–H groups in total. The van der Waals surface area contributed by atoms with Crippen LogP contribution in [0.25, 0.3) is 0 Å². The molecule has 1 rings (SSSR count). The second kappa shape index (κ2) is 16.5. The van der Waals surface area contributed by atoms with Gasteiger partial charge in [-0.15, -0.1) is 0 Å². The first kappa shape index (κ1) is 24.6. The number of ether oxygens (including phenoxy) is 2. The van der Waals surface area contributed by atoms with Crippen LogP contribution < -0.4 is 0 Å². The molecule has 0 spiro atoms. The van der Waals surface area contributed by atoms with E-state index in [4.69, 9.17) is 9.47 Å². The van der Waals surface area contributed by atoms with Crippen molar-refractivity contribution in [2.24, 2.45) is 0 Å². The van der Waals surface area contributed by atoms with Crippen LogP contribution in [-0.2, 0) is 9.47 Å². The van der Waals surface area contributed by atoms with Gasteiger partial charge in [-0.05, 0) is 32.1 Å². The summed E-state index contributed by atoms with van der Waals surface area (Å²) in [5.41, 5.74) is 0. The van der Waals surface area contributed by atoms with Crippen LogP contribution in [0.15, 0.2) is 12.2 Å². The van der Waals surface area contributed by atoms with Crippen molar-refractivity contribution in [1.82, 2.24) is 0 Å². The number of aliphatic hydroxyl groups excluding tert-OH is 3. The molecule has 4 atom stereocenters. The van der Waals surface area contributed by atoms with Gasteiger partial charge in [0.05, 0.1) is 13.2 Å². The summed E-state index contributed by atoms with van der Waals surface area (Å²) < 4.78 is 10.9. The third kappa shape index (κ3) is 11.2. The van der Waals surface area contributed by atoms with Gasteiger partial charge in [-0.25, -0.2) is 0 Å². The lowest BCUT2D eigenvalue weighted by Crippen LogP contribution is -2.42. The molecule has 0 unspecified atom stereocenters. The highest BCUT2D eigenvalue weighted by atomic mass is 16.6. The molecule has 1 fully saturated rings. The van der Waals surface area contributed by atoms with E-state index in [0.717, 1.165) is 19.3 Å². The molecule has 1 heterocycles. The van der Waals surface area contributed by atoms with Crippen molar-refractivity contribution in [2.45, 2.75) is 108 Å². The van der Waals surface area contributed by atoms with Crippen LogP contribution in [0, 0.1) is 0 Å². The minimum absolute atomic E-state index is 0.0926. The zero-order valence-corrected chi connectivity index (χ0v) is 17.2. The van der Waals surface area contributed by atoms with E-state index in [2.05, 4.69) is 19.1 Å². The molecule has 27 heavy (non-hydrogen) atoms. The smallest absolute Gasteiger partial charge is 0.114 e. The Bertz CT molecular complexity index is 361. The molecular weight excluding hydrogens is 344 g/mol. The SMILES string of the molecule is CCCCCCCCCC/C=C/CCCCO[C@H](CO)[C@@H]1OC[C@H](O)[C@@H]1O. The molecule has 0 amide bonds. The van der Waals surface area contributed by atoms with Gasteiger partial charge in [0.1, 0.15) is 24.4 Å². The predicted octanol–water partition coefficient (Wildman–Crippen LogP) is 3.74. The summed E-state index contributed by atoms with van der Waals surface area (Å²) in [6.45, 7) is 2.66. The minimum atomic E-state index is -0.985. The molecule has 0 radical (unpaired) electrons. The highest BCUT2D eigenvalue weighted by Crippen LogP contribution is 2.19. The van der Waals surface area contributed by atoms with Gasteiger partial charge in [0, 0.05) is 6.61 Å². The van der Waals surface area contributed by atoms with E-state index in [1.807, 2.05) is 0 Å². The summed E-state index contributed by atoms with van der Waals surface area (Å²) >= 11 is 0. The number of aliphatic hydroxyl groups is 3. The highest BCUT2D eigenvalue weighted by molar-refractivity contribution is 4.88. The first-order valence-electron chi connectivity index (χ1n) is 11.1. The lowest BCUT2D eigenvalue weighted by Gasteiger charge is -2.24. The second-order valence-corrected chi connectivity index (χ2v) is 7.68. The standard InChI is InChI=1S/C22H42O5/c1-2-3-4-5-6-7-8-9-10-11-12-13-14-15-16-26-20(17-23)22-21(25)19(24)18-27-22/h11-12,19-25H,2-10,13-18H2,1H3/b12-11+/t19-,20+,21-,22-/m0/s1. The van der Waals surface area contributed by atoms with E-state index in [1.54, 1.807) is 0 Å². The van der Waals surface area contributed by atoms with Gasteiger partial charge < -0.3 is 24.8 Å². The van der Waals surface area contributed by atoms with Crippen LogP contribution in [0.5, 0.6) is 0 Å². The Morgan fingerprint density at radius 1 is 0.926 bits per heavy atom. The number of unbranched alkanes of at least 4 members (excludes halogenated alkanes) is 10. The molecule has 0 aromatic carbocycles. The first-order valence-corrected chi connectivity index (χ1v) is 11.1. The molecule has 1 aliphatic rings. The number of hydrogen-bond acceptors (Lipinski definition) is 5. The van der Waals surface area contributed by atoms with E-state index in [-0.39, 0.29) is 13.2 Å². The highest BCUT2D eigenvalue weighted by Gasteiger charge is 2.40. The van der Waals surface area contributed by atoms with Crippen molar-refractivity contribution in [3.63, 3.8) is 0 Å². The zero-order valence-electron chi connectivity index (χ0n) is 17.2. The zero-order chi connectivity index (χ0) is 19.7. The van der Waals surface area contributed by atoms with Crippen LogP contribution in [0.1, 0.15) is 84.0 Å². The maximum absolute atomic E-state index is 9.81. The van der Waals surface area contributed by atoms with Gasteiger partial charge in [-0.2, -0.15) is 0 Å². The van der Waals surface area contributed by atoms with Crippen LogP contribution in [0.3, 0.4) is 0 Å².